The molecule has 0 heterocycles. The van der Waals surface area contributed by atoms with Crippen LogP contribution in [0.5, 0.6) is 0 Å². The van der Waals surface area contributed by atoms with Crippen molar-refractivity contribution >= 4 is 23.2 Å². The third kappa shape index (κ3) is 1.89. The molecule has 1 aromatic rings. The fourth-order valence-electron chi connectivity index (χ4n) is 4.61. The van der Waals surface area contributed by atoms with Crippen molar-refractivity contribution in [3.63, 3.8) is 0 Å². The summed E-state index contributed by atoms with van der Waals surface area (Å²) < 4.78 is 27.8. The second kappa shape index (κ2) is 4.59. The molecule has 0 saturated heterocycles. The van der Waals surface area contributed by atoms with Crippen LogP contribution in [0.1, 0.15) is 31.2 Å². The number of anilines is 1. The molecule has 6 heteroatoms. The van der Waals surface area contributed by atoms with Gasteiger partial charge >= 0.3 is 0 Å². The number of hydrogen-bond acceptors (Lipinski definition) is 2. The van der Waals surface area contributed by atoms with E-state index in [0.29, 0.717) is 48.5 Å². The Morgan fingerprint density at radius 1 is 1.30 bits per heavy atom. The summed E-state index contributed by atoms with van der Waals surface area (Å²) in [6.45, 7) is 0.465. The predicted octanol–water partition coefficient (Wildman–Crippen LogP) is 3.41. The van der Waals surface area contributed by atoms with Gasteiger partial charge in [-0.05, 0) is 43.2 Å². The van der Waals surface area contributed by atoms with E-state index in [1.807, 2.05) is 0 Å². The molecule has 124 valence electrons. The molecule has 0 bridgehead atoms. The number of nitrogens with two attached hydrogens (primary N) is 1. The van der Waals surface area contributed by atoms with Gasteiger partial charge in [0.1, 0.15) is 0 Å². The number of hydrogen-bond donors (Lipinski definition) is 2. The lowest BCUT2D eigenvalue weighted by Gasteiger charge is -2.36. The van der Waals surface area contributed by atoms with Crippen molar-refractivity contribution in [2.24, 2.45) is 16.7 Å². The van der Waals surface area contributed by atoms with E-state index in [1.165, 1.54) is 0 Å². The van der Waals surface area contributed by atoms with Crippen molar-refractivity contribution in [2.75, 3.05) is 12.3 Å². The minimum atomic E-state index is -2.46. The number of fused-ring (bicyclic) bond motifs is 1. The number of benzene rings is 1. The zero-order chi connectivity index (χ0) is 16.5. The Balaban J connectivity index is 1.27. The summed E-state index contributed by atoms with van der Waals surface area (Å²) in [5.41, 5.74) is 5.45. The van der Waals surface area contributed by atoms with E-state index in [0.717, 1.165) is 0 Å². The maximum atomic E-state index is 13.9. The van der Waals surface area contributed by atoms with E-state index in [-0.39, 0.29) is 18.2 Å². The topological polar surface area (TPSA) is 55.1 Å². The van der Waals surface area contributed by atoms with Crippen LogP contribution in [0.15, 0.2) is 18.2 Å². The summed E-state index contributed by atoms with van der Waals surface area (Å²) in [6.07, 6.45) is 2.58. The standard InChI is InChI=1S/C17H19ClF2N2O/c18-14-11(2-1-3-12(14)21)6-13(23)22-9-10-7-16(8-10)15(4-5-15)17(16,19)20/h1-3,10H,4-9,21H2,(H,22,23). The SMILES string of the molecule is Nc1cccc(CC(=O)NCC2CC3(C2)C(F)(F)C32CC2)c1Cl. The first-order valence-electron chi connectivity index (χ1n) is 8.00. The molecule has 3 aliphatic carbocycles. The molecule has 3 aliphatic rings. The van der Waals surface area contributed by atoms with Gasteiger partial charge in [-0.3, -0.25) is 4.79 Å². The highest BCUT2D eigenvalue weighted by molar-refractivity contribution is 6.34. The lowest BCUT2D eigenvalue weighted by Crippen LogP contribution is -2.40. The van der Waals surface area contributed by atoms with Crippen LogP contribution < -0.4 is 11.1 Å². The molecule has 0 atom stereocenters. The molecule has 0 aliphatic heterocycles. The van der Waals surface area contributed by atoms with Crippen molar-refractivity contribution in [3.05, 3.63) is 28.8 Å². The van der Waals surface area contributed by atoms with E-state index in [1.54, 1.807) is 18.2 Å². The second-order valence-corrected chi connectivity index (χ2v) is 7.69. The number of amides is 1. The number of alkyl halides is 2. The van der Waals surface area contributed by atoms with Gasteiger partial charge < -0.3 is 11.1 Å². The van der Waals surface area contributed by atoms with Crippen molar-refractivity contribution in [2.45, 2.75) is 38.0 Å². The summed E-state index contributed by atoms with van der Waals surface area (Å²) in [5.74, 6) is -2.45. The Morgan fingerprint density at radius 3 is 2.61 bits per heavy atom. The first-order chi connectivity index (χ1) is 10.8. The number of nitrogen functional groups attached to an aromatic ring is 1. The van der Waals surface area contributed by atoms with Crippen molar-refractivity contribution in [3.8, 4) is 0 Å². The maximum Gasteiger partial charge on any atom is 0.260 e. The minimum Gasteiger partial charge on any atom is -0.398 e. The Labute approximate surface area is 138 Å². The van der Waals surface area contributed by atoms with Gasteiger partial charge in [-0.15, -0.1) is 0 Å². The monoisotopic (exact) mass is 340 g/mol. The summed E-state index contributed by atoms with van der Waals surface area (Å²) >= 11 is 6.07. The number of rotatable bonds is 4. The average molecular weight is 341 g/mol. The quantitative estimate of drug-likeness (QED) is 0.825. The van der Waals surface area contributed by atoms with Gasteiger partial charge in [-0.1, -0.05) is 23.7 Å². The molecule has 3 fully saturated rings. The smallest absolute Gasteiger partial charge is 0.260 e. The molecule has 0 radical (unpaired) electrons. The molecule has 1 aromatic carbocycles. The minimum absolute atomic E-state index is 0.151. The molecule has 0 unspecified atom stereocenters. The van der Waals surface area contributed by atoms with Crippen LogP contribution in [0.25, 0.3) is 0 Å². The summed E-state index contributed by atoms with van der Waals surface area (Å²) in [6, 6.07) is 5.20. The van der Waals surface area contributed by atoms with E-state index in [4.69, 9.17) is 17.3 Å². The van der Waals surface area contributed by atoms with Gasteiger partial charge in [0, 0.05) is 17.4 Å². The van der Waals surface area contributed by atoms with E-state index >= 15 is 0 Å². The fourth-order valence-corrected chi connectivity index (χ4v) is 4.80. The van der Waals surface area contributed by atoms with Gasteiger partial charge in [-0.2, -0.15) is 0 Å². The largest absolute Gasteiger partial charge is 0.398 e. The first-order valence-corrected chi connectivity index (χ1v) is 8.38. The van der Waals surface area contributed by atoms with Gasteiger partial charge in [0.05, 0.1) is 17.1 Å². The Hall–Kier alpha value is -1.36. The number of carbonyl (C=O) groups excluding carboxylic acids is 1. The average Bonchev–Trinajstić information content (AvgIpc) is 3.31. The molecular weight excluding hydrogens is 322 g/mol. The lowest BCUT2D eigenvalue weighted by molar-refractivity contribution is -0.121. The summed E-state index contributed by atoms with van der Waals surface area (Å²) in [5, 5.41) is 3.24. The highest BCUT2D eigenvalue weighted by atomic mass is 35.5. The zero-order valence-corrected chi connectivity index (χ0v) is 13.4. The third-order valence-electron chi connectivity index (χ3n) is 6.13. The van der Waals surface area contributed by atoms with Gasteiger partial charge in [0.2, 0.25) is 5.91 Å². The van der Waals surface area contributed by atoms with Gasteiger partial charge in [-0.25, -0.2) is 8.78 Å². The summed E-state index contributed by atoms with van der Waals surface area (Å²) in [4.78, 5) is 12.0. The Bertz CT molecular complexity index is 675. The molecular formula is C17H19ClF2N2O. The van der Waals surface area contributed by atoms with Crippen LogP contribution >= 0.6 is 11.6 Å². The molecule has 23 heavy (non-hydrogen) atoms. The highest BCUT2D eigenvalue weighted by Crippen LogP contribution is 2.93. The molecule has 2 spiro atoms. The summed E-state index contributed by atoms with van der Waals surface area (Å²) in [7, 11) is 0. The van der Waals surface area contributed by atoms with E-state index < -0.39 is 16.8 Å². The van der Waals surface area contributed by atoms with Crippen molar-refractivity contribution in [1.82, 2.24) is 5.32 Å². The van der Waals surface area contributed by atoms with Crippen molar-refractivity contribution < 1.29 is 13.6 Å². The number of halogens is 3. The van der Waals surface area contributed by atoms with Crippen LogP contribution in [0, 0.1) is 16.7 Å². The second-order valence-electron chi connectivity index (χ2n) is 7.31. The first kappa shape index (κ1) is 15.2. The fraction of sp³-hybridized carbons (Fsp3) is 0.588. The highest BCUT2D eigenvalue weighted by Gasteiger charge is 2.97. The molecule has 4 rings (SSSR count). The van der Waals surface area contributed by atoms with Crippen LogP contribution in [0.2, 0.25) is 5.02 Å². The van der Waals surface area contributed by atoms with Crippen molar-refractivity contribution in [1.29, 1.82) is 0 Å². The molecule has 3 saturated carbocycles. The molecule has 3 nitrogen and oxygen atoms in total. The maximum absolute atomic E-state index is 13.9. The molecule has 1 amide bonds. The van der Waals surface area contributed by atoms with Crippen LogP contribution in [0.3, 0.4) is 0 Å². The Morgan fingerprint density at radius 2 is 2.00 bits per heavy atom. The number of carbonyl (C=O) groups is 1. The normalized spacial score (nSPS) is 31.7. The van der Waals surface area contributed by atoms with E-state index in [2.05, 4.69) is 5.32 Å². The van der Waals surface area contributed by atoms with E-state index in [9.17, 15) is 13.6 Å². The Kier molecular flexibility index (Phi) is 3.03. The predicted molar refractivity (Wildman–Crippen MR) is 84.3 cm³/mol. The lowest BCUT2D eigenvalue weighted by atomic mass is 9.69. The van der Waals surface area contributed by atoms with Gasteiger partial charge in [0.25, 0.3) is 5.92 Å². The number of nitrogens with one attached hydrogen (secondary N) is 1. The van der Waals surface area contributed by atoms with Crippen LogP contribution in [0.4, 0.5) is 14.5 Å². The zero-order valence-electron chi connectivity index (χ0n) is 12.7. The van der Waals surface area contributed by atoms with Crippen LogP contribution in [-0.4, -0.2) is 18.4 Å². The molecule has 3 N–H and O–H groups in total. The van der Waals surface area contributed by atoms with Gasteiger partial charge in [0.15, 0.2) is 0 Å². The van der Waals surface area contributed by atoms with Crippen LogP contribution in [-0.2, 0) is 11.2 Å². The third-order valence-corrected chi connectivity index (χ3v) is 6.59. The molecule has 0 aromatic heterocycles.